The molecule has 0 aromatic heterocycles. The van der Waals surface area contributed by atoms with Gasteiger partial charge in [0.2, 0.25) is 0 Å². The smallest absolute Gasteiger partial charge is 0.262 e. The molecule has 5 nitrogen and oxygen atoms in total. The zero-order chi connectivity index (χ0) is 14.9. The number of carbonyl (C=O) groups excluding carboxylic acids is 1. The fourth-order valence-corrected chi connectivity index (χ4v) is 3.69. The van der Waals surface area contributed by atoms with E-state index in [0.29, 0.717) is 26.3 Å². The third kappa shape index (κ3) is 3.38. The van der Waals surface area contributed by atoms with Gasteiger partial charge in [0.1, 0.15) is 4.90 Å². The summed E-state index contributed by atoms with van der Waals surface area (Å²) in [7, 11) is 1.20. The lowest BCUT2D eigenvalue weighted by Crippen LogP contribution is -2.40. The highest BCUT2D eigenvalue weighted by molar-refractivity contribution is 8.13. The lowest BCUT2D eigenvalue weighted by atomic mass is 10.2. The topological polar surface area (TPSA) is 63.7 Å². The number of morpholine rings is 1. The molecule has 0 radical (unpaired) electrons. The summed E-state index contributed by atoms with van der Waals surface area (Å²) in [5, 5.41) is -0.147. The predicted octanol–water partition coefficient (Wildman–Crippen LogP) is 2.39. The van der Waals surface area contributed by atoms with Crippen LogP contribution in [0.5, 0.6) is 0 Å². The van der Waals surface area contributed by atoms with Gasteiger partial charge < -0.3 is 9.64 Å². The molecule has 1 aromatic rings. The number of ether oxygens (including phenoxy) is 1. The lowest BCUT2D eigenvalue weighted by Gasteiger charge is -2.27. The fourth-order valence-electron chi connectivity index (χ4n) is 1.83. The third-order valence-corrected chi connectivity index (χ3v) is 4.88. The molecule has 20 heavy (non-hydrogen) atoms. The van der Waals surface area contributed by atoms with Crippen molar-refractivity contribution in [3.05, 3.63) is 27.7 Å². The second kappa shape index (κ2) is 6.07. The molecule has 1 heterocycles. The van der Waals surface area contributed by atoms with Crippen molar-refractivity contribution in [2.45, 2.75) is 4.90 Å². The summed E-state index contributed by atoms with van der Waals surface area (Å²) < 4.78 is 28.0. The van der Waals surface area contributed by atoms with Gasteiger partial charge in [-0.25, -0.2) is 8.42 Å². The zero-order valence-electron chi connectivity index (χ0n) is 10.1. The van der Waals surface area contributed by atoms with Gasteiger partial charge in [0, 0.05) is 28.8 Å². The minimum absolute atomic E-state index is 0.0142. The molecule has 0 bridgehead atoms. The Balaban J connectivity index is 2.46. The van der Waals surface area contributed by atoms with Crippen LogP contribution in [0.4, 0.5) is 0 Å². The second-order valence-electron chi connectivity index (χ2n) is 4.11. The molecule has 0 atom stereocenters. The highest BCUT2D eigenvalue weighted by atomic mass is 35.7. The summed E-state index contributed by atoms with van der Waals surface area (Å²) >= 11 is 11.8. The first-order chi connectivity index (χ1) is 9.30. The van der Waals surface area contributed by atoms with Gasteiger partial charge in [-0.3, -0.25) is 4.79 Å². The standard InChI is InChI=1S/C11H10Cl3NO4S/c12-7-5-8(10(13)9(6-7)20(14,17)18)11(16)15-1-3-19-4-2-15/h5-6H,1-4H2. The number of hydrogen-bond donors (Lipinski definition) is 0. The number of nitrogens with zero attached hydrogens (tertiary/aromatic N) is 1. The van der Waals surface area contributed by atoms with E-state index >= 15 is 0 Å². The monoisotopic (exact) mass is 357 g/mol. The summed E-state index contributed by atoms with van der Waals surface area (Å²) in [6.07, 6.45) is 0. The molecule has 1 aliphatic heterocycles. The molecule has 2 rings (SSSR count). The van der Waals surface area contributed by atoms with Gasteiger partial charge in [0.25, 0.3) is 15.0 Å². The van der Waals surface area contributed by atoms with Crippen LogP contribution in [0.2, 0.25) is 10.0 Å². The van der Waals surface area contributed by atoms with E-state index in [4.69, 9.17) is 38.6 Å². The van der Waals surface area contributed by atoms with Gasteiger partial charge >= 0.3 is 0 Å². The summed E-state index contributed by atoms with van der Waals surface area (Å²) in [4.78, 5) is 13.5. The summed E-state index contributed by atoms with van der Waals surface area (Å²) in [5.74, 6) is -0.401. The zero-order valence-corrected chi connectivity index (χ0v) is 13.2. The Kier molecular flexibility index (Phi) is 4.81. The van der Waals surface area contributed by atoms with Crippen molar-refractivity contribution in [3.8, 4) is 0 Å². The van der Waals surface area contributed by atoms with Gasteiger partial charge in [0.05, 0.1) is 23.8 Å². The van der Waals surface area contributed by atoms with Crippen LogP contribution in [0.1, 0.15) is 10.4 Å². The first kappa shape index (κ1) is 15.9. The maximum Gasteiger partial charge on any atom is 0.262 e. The van der Waals surface area contributed by atoms with Gasteiger partial charge in [-0.2, -0.15) is 0 Å². The van der Waals surface area contributed by atoms with Crippen molar-refractivity contribution in [1.82, 2.24) is 4.90 Å². The van der Waals surface area contributed by atoms with Crippen molar-refractivity contribution in [2.24, 2.45) is 0 Å². The van der Waals surface area contributed by atoms with E-state index in [1.165, 1.54) is 11.0 Å². The Bertz CT molecular complexity index is 641. The van der Waals surface area contributed by atoms with E-state index in [2.05, 4.69) is 0 Å². The minimum Gasteiger partial charge on any atom is -0.378 e. The van der Waals surface area contributed by atoms with Gasteiger partial charge in [-0.05, 0) is 12.1 Å². The number of rotatable bonds is 2. The van der Waals surface area contributed by atoms with Crippen LogP contribution in [-0.4, -0.2) is 45.5 Å². The number of halogens is 3. The Hall–Kier alpha value is -0.530. The normalized spacial score (nSPS) is 16.2. The maximum absolute atomic E-state index is 12.3. The third-order valence-electron chi connectivity index (χ3n) is 2.80. The average molecular weight is 359 g/mol. The molecule has 1 aliphatic rings. The Morgan fingerprint density at radius 3 is 2.35 bits per heavy atom. The quantitative estimate of drug-likeness (QED) is 0.762. The van der Waals surface area contributed by atoms with Gasteiger partial charge in [-0.1, -0.05) is 23.2 Å². The van der Waals surface area contributed by atoms with E-state index in [1.807, 2.05) is 0 Å². The van der Waals surface area contributed by atoms with Gasteiger partial charge in [0.15, 0.2) is 0 Å². The lowest BCUT2D eigenvalue weighted by molar-refractivity contribution is 0.0303. The van der Waals surface area contributed by atoms with Crippen molar-refractivity contribution >= 4 is 48.8 Å². The van der Waals surface area contributed by atoms with Crippen molar-refractivity contribution in [2.75, 3.05) is 26.3 Å². The molecule has 0 N–H and O–H groups in total. The van der Waals surface area contributed by atoms with E-state index in [-0.39, 0.29) is 20.5 Å². The first-order valence-electron chi connectivity index (χ1n) is 5.61. The number of amides is 1. The average Bonchev–Trinajstić information content (AvgIpc) is 2.40. The van der Waals surface area contributed by atoms with Crippen LogP contribution in [0.15, 0.2) is 17.0 Å². The molecule has 0 spiro atoms. The summed E-state index contributed by atoms with van der Waals surface area (Å²) in [6, 6.07) is 2.44. The highest BCUT2D eigenvalue weighted by Crippen LogP contribution is 2.32. The van der Waals surface area contributed by atoms with Gasteiger partial charge in [-0.15, -0.1) is 0 Å². The molecule has 1 amide bonds. The molecule has 1 aromatic carbocycles. The van der Waals surface area contributed by atoms with Crippen LogP contribution in [0, 0.1) is 0 Å². The van der Waals surface area contributed by atoms with E-state index in [9.17, 15) is 13.2 Å². The highest BCUT2D eigenvalue weighted by Gasteiger charge is 2.26. The van der Waals surface area contributed by atoms with Crippen molar-refractivity contribution in [1.29, 1.82) is 0 Å². The molecule has 9 heteroatoms. The van der Waals surface area contributed by atoms with Crippen molar-refractivity contribution < 1.29 is 17.9 Å². The van der Waals surface area contributed by atoms with Crippen LogP contribution < -0.4 is 0 Å². The maximum atomic E-state index is 12.3. The Labute approximate surface area is 130 Å². The fraction of sp³-hybridized carbons (Fsp3) is 0.364. The first-order valence-corrected chi connectivity index (χ1v) is 8.68. The largest absolute Gasteiger partial charge is 0.378 e. The molecule has 0 aliphatic carbocycles. The molecule has 110 valence electrons. The Morgan fingerprint density at radius 1 is 1.20 bits per heavy atom. The SMILES string of the molecule is O=C(c1cc(Cl)cc(S(=O)(=O)Cl)c1Cl)N1CCOCC1. The van der Waals surface area contributed by atoms with E-state index in [1.54, 1.807) is 0 Å². The molecule has 0 unspecified atom stereocenters. The Morgan fingerprint density at radius 2 is 1.80 bits per heavy atom. The molecular weight excluding hydrogens is 349 g/mol. The summed E-state index contributed by atoms with van der Waals surface area (Å²) in [6.45, 7) is 1.66. The van der Waals surface area contributed by atoms with Crippen LogP contribution in [-0.2, 0) is 13.8 Å². The van der Waals surface area contributed by atoms with Crippen LogP contribution >= 0.6 is 33.9 Å². The number of benzene rings is 1. The number of hydrogen-bond acceptors (Lipinski definition) is 4. The molecule has 0 saturated carbocycles. The van der Waals surface area contributed by atoms with Crippen molar-refractivity contribution in [3.63, 3.8) is 0 Å². The minimum atomic E-state index is -4.08. The van der Waals surface area contributed by atoms with Crippen LogP contribution in [0.3, 0.4) is 0 Å². The molecule has 1 fully saturated rings. The molecular formula is C11H10Cl3NO4S. The van der Waals surface area contributed by atoms with E-state index < -0.39 is 15.0 Å². The second-order valence-corrected chi connectivity index (χ2v) is 7.46. The predicted molar refractivity (Wildman–Crippen MR) is 76.2 cm³/mol. The number of carbonyl (C=O) groups is 1. The summed E-state index contributed by atoms with van der Waals surface area (Å²) in [5.41, 5.74) is 0.0142. The van der Waals surface area contributed by atoms with E-state index in [0.717, 1.165) is 6.07 Å². The van der Waals surface area contributed by atoms with Crippen LogP contribution in [0.25, 0.3) is 0 Å². The molecule has 1 saturated heterocycles.